The summed E-state index contributed by atoms with van der Waals surface area (Å²) in [7, 11) is 0. The number of hydrogen-bond acceptors (Lipinski definition) is 2. The van der Waals surface area contributed by atoms with Crippen molar-refractivity contribution < 1.29 is 0 Å². The van der Waals surface area contributed by atoms with Crippen LogP contribution in [0.3, 0.4) is 0 Å². The zero-order valence-electron chi connectivity index (χ0n) is 14.0. The molecule has 0 heterocycles. The minimum absolute atomic E-state index is 0.432. The van der Waals surface area contributed by atoms with E-state index in [0.717, 1.165) is 32.0 Å². The second kappa shape index (κ2) is 10.4. The molecule has 0 saturated carbocycles. The summed E-state index contributed by atoms with van der Waals surface area (Å²) in [5.74, 6) is 0.732. The van der Waals surface area contributed by atoms with E-state index in [1.165, 1.54) is 23.0 Å². The van der Waals surface area contributed by atoms with Crippen LogP contribution in [0, 0.1) is 5.92 Å². The van der Waals surface area contributed by atoms with Crippen LogP contribution in [-0.2, 0) is 0 Å². The molecule has 0 aromatic heterocycles. The summed E-state index contributed by atoms with van der Waals surface area (Å²) in [6.45, 7) is 13.6. The van der Waals surface area contributed by atoms with Gasteiger partial charge in [0.15, 0.2) is 0 Å². The molecular weight excluding hydrogens is 324 g/mol. The van der Waals surface area contributed by atoms with Crippen molar-refractivity contribution in [2.45, 2.75) is 46.6 Å². The molecule has 120 valence electrons. The first kappa shape index (κ1) is 18.7. The normalized spacial score (nSPS) is 13.1. The summed E-state index contributed by atoms with van der Waals surface area (Å²) in [6.07, 6.45) is 2.33. The topological polar surface area (TPSA) is 15.3 Å². The van der Waals surface area contributed by atoms with E-state index >= 15 is 0 Å². The molecule has 1 unspecified atom stereocenters. The smallest absolute Gasteiger partial charge is 0.0343 e. The van der Waals surface area contributed by atoms with Crippen molar-refractivity contribution >= 4 is 15.9 Å². The Bertz CT molecular complexity index is 393. The number of rotatable bonds is 10. The minimum atomic E-state index is 0.432. The molecule has 21 heavy (non-hydrogen) atoms. The molecule has 1 N–H and O–H groups in total. The zero-order chi connectivity index (χ0) is 15.7. The Labute approximate surface area is 139 Å². The number of benzene rings is 1. The Morgan fingerprint density at radius 3 is 2.48 bits per heavy atom. The van der Waals surface area contributed by atoms with Gasteiger partial charge in [0.2, 0.25) is 0 Å². The Kier molecular flexibility index (Phi) is 9.21. The predicted octanol–water partition coefficient (Wildman–Crippen LogP) is 4.86. The average molecular weight is 355 g/mol. The summed E-state index contributed by atoms with van der Waals surface area (Å²) in [5, 5.41) is 3.70. The highest BCUT2D eigenvalue weighted by atomic mass is 79.9. The van der Waals surface area contributed by atoms with E-state index in [1.54, 1.807) is 0 Å². The third-order valence-corrected chi connectivity index (χ3v) is 4.45. The van der Waals surface area contributed by atoms with Crippen molar-refractivity contribution in [2.24, 2.45) is 5.92 Å². The molecule has 1 aromatic rings. The number of halogens is 1. The summed E-state index contributed by atoms with van der Waals surface area (Å²) < 4.78 is 1.21. The lowest BCUT2D eigenvalue weighted by molar-refractivity contribution is 0.241. The molecule has 2 nitrogen and oxygen atoms in total. The van der Waals surface area contributed by atoms with E-state index in [4.69, 9.17) is 0 Å². The third-order valence-electron chi connectivity index (χ3n) is 3.73. The highest BCUT2D eigenvalue weighted by Gasteiger charge is 2.15. The largest absolute Gasteiger partial charge is 0.310 e. The fourth-order valence-electron chi connectivity index (χ4n) is 2.65. The first-order valence-electron chi connectivity index (χ1n) is 8.28. The molecule has 0 fully saturated rings. The summed E-state index contributed by atoms with van der Waals surface area (Å²) >= 11 is 3.70. The molecule has 0 amide bonds. The van der Waals surface area contributed by atoms with Crippen molar-refractivity contribution in [3.63, 3.8) is 0 Å². The van der Waals surface area contributed by atoms with E-state index in [-0.39, 0.29) is 0 Å². The molecule has 0 aliphatic rings. The van der Waals surface area contributed by atoms with Crippen LogP contribution < -0.4 is 5.32 Å². The van der Waals surface area contributed by atoms with Gasteiger partial charge in [-0.2, -0.15) is 0 Å². The molecule has 1 atom stereocenters. The van der Waals surface area contributed by atoms with Crippen molar-refractivity contribution in [3.05, 3.63) is 34.3 Å². The molecule has 0 bridgehead atoms. The molecule has 0 saturated heterocycles. The monoisotopic (exact) mass is 354 g/mol. The molecule has 0 radical (unpaired) electrons. The lowest BCUT2D eigenvalue weighted by Crippen LogP contribution is -2.32. The van der Waals surface area contributed by atoms with E-state index < -0.39 is 0 Å². The maximum atomic E-state index is 3.70. The van der Waals surface area contributed by atoms with Crippen LogP contribution in [-0.4, -0.2) is 31.1 Å². The van der Waals surface area contributed by atoms with Crippen LogP contribution in [0.15, 0.2) is 28.7 Å². The Hall–Kier alpha value is -0.380. The van der Waals surface area contributed by atoms with Crippen LogP contribution in [0.5, 0.6) is 0 Å². The van der Waals surface area contributed by atoms with E-state index in [0.29, 0.717) is 6.04 Å². The summed E-state index contributed by atoms with van der Waals surface area (Å²) in [5.41, 5.74) is 1.38. The van der Waals surface area contributed by atoms with Crippen molar-refractivity contribution in [1.82, 2.24) is 10.2 Å². The molecule has 0 spiro atoms. The fourth-order valence-corrected chi connectivity index (χ4v) is 3.21. The van der Waals surface area contributed by atoms with Gasteiger partial charge in [-0.05, 0) is 50.0 Å². The minimum Gasteiger partial charge on any atom is -0.310 e. The van der Waals surface area contributed by atoms with Gasteiger partial charge in [-0.15, -0.1) is 0 Å². The summed E-state index contributed by atoms with van der Waals surface area (Å²) in [6, 6.07) is 9.02. The van der Waals surface area contributed by atoms with Crippen LogP contribution in [0.1, 0.15) is 52.1 Å². The van der Waals surface area contributed by atoms with Crippen molar-refractivity contribution in [3.8, 4) is 0 Å². The van der Waals surface area contributed by atoms with Gasteiger partial charge >= 0.3 is 0 Å². The highest BCUT2D eigenvalue weighted by molar-refractivity contribution is 9.10. The van der Waals surface area contributed by atoms with Crippen LogP contribution >= 0.6 is 15.9 Å². The van der Waals surface area contributed by atoms with Gasteiger partial charge in [0.1, 0.15) is 0 Å². The quantitative estimate of drug-likeness (QED) is 0.645. The lowest BCUT2D eigenvalue weighted by Gasteiger charge is -2.26. The first-order chi connectivity index (χ1) is 10.1. The zero-order valence-corrected chi connectivity index (χ0v) is 15.6. The van der Waals surface area contributed by atoms with Gasteiger partial charge in [0.05, 0.1) is 0 Å². The molecular formula is C18H31BrN2. The molecule has 0 aliphatic heterocycles. The average Bonchev–Trinajstić information content (AvgIpc) is 2.46. The van der Waals surface area contributed by atoms with Crippen LogP contribution in [0.2, 0.25) is 0 Å². The third kappa shape index (κ3) is 6.94. The number of nitrogens with zero attached hydrogens (tertiary/aromatic N) is 1. The molecule has 1 rings (SSSR count). The van der Waals surface area contributed by atoms with Gasteiger partial charge in [-0.3, -0.25) is 0 Å². The van der Waals surface area contributed by atoms with Crippen molar-refractivity contribution in [1.29, 1.82) is 0 Å². The van der Waals surface area contributed by atoms with Gasteiger partial charge in [-0.1, -0.05) is 61.8 Å². The molecule has 3 heteroatoms. The Morgan fingerprint density at radius 1 is 1.19 bits per heavy atom. The van der Waals surface area contributed by atoms with Crippen molar-refractivity contribution in [2.75, 3.05) is 26.2 Å². The summed E-state index contributed by atoms with van der Waals surface area (Å²) in [4.78, 5) is 2.56. The number of hydrogen-bond donors (Lipinski definition) is 1. The Balaban J connectivity index is 2.68. The van der Waals surface area contributed by atoms with E-state index in [9.17, 15) is 0 Å². The van der Waals surface area contributed by atoms with Crippen LogP contribution in [0.25, 0.3) is 0 Å². The maximum Gasteiger partial charge on any atom is 0.0343 e. The van der Waals surface area contributed by atoms with E-state index in [2.05, 4.69) is 78.1 Å². The lowest BCUT2D eigenvalue weighted by atomic mass is 10.0. The molecule has 0 aliphatic carbocycles. The Morgan fingerprint density at radius 2 is 1.90 bits per heavy atom. The highest BCUT2D eigenvalue weighted by Crippen LogP contribution is 2.25. The van der Waals surface area contributed by atoms with Gasteiger partial charge in [0.25, 0.3) is 0 Å². The van der Waals surface area contributed by atoms with E-state index in [1.807, 2.05) is 0 Å². The SMILES string of the molecule is CCCNC(CCN(CC)CC(C)C)c1ccccc1Br. The van der Waals surface area contributed by atoms with Gasteiger partial charge in [-0.25, -0.2) is 0 Å². The van der Waals surface area contributed by atoms with Gasteiger partial charge < -0.3 is 10.2 Å². The van der Waals surface area contributed by atoms with Crippen LogP contribution in [0.4, 0.5) is 0 Å². The first-order valence-corrected chi connectivity index (χ1v) is 9.07. The molecule has 1 aromatic carbocycles. The maximum absolute atomic E-state index is 3.70. The standard InChI is InChI=1S/C18H31BrN2/c1-5-12-20-18(16-9-7-8-10-17(16)19)11-13-21(6-2)14-15(3)4/h7-10,15,18,20H,5-6,11-14H2,1-4H3. The predicted molar refractivity (Wildman–Crippen MR) is 96.7 cm³/mol. The van der Waals surface area contributed by atoms with Gasteiger partial charge in [0, 0.05) is 17.1 Å². The second-order valence-corrected chi connectivity index (χ2v) is 6.96. The second-order valence-electron chi connectivity index (χ2n) is 6.10. The number of nitrogens with one attached hydrogen (secondary N) is 1. The fraction of sp³-hybridized carbons (Fsp3) is 0.667.